The van der Waals surface area contributed by atoms with E-state index in [1.165, 1.54) is 35.6 Å². The smallest absolute Gasteiger partial charge is 0.245 e. The number of anilines is 2. The van der Waals surface area contributed by atoms with Gasteiger partial charge in [0, 0.05) is 25.2 Å². The highest BCUT2D eigenvalue weighted by Crippen LogP contribution is 2.23. The van der Waals surface area contributed by atoms with Crippen molar-refractivity contribution in [3.8, 4) is 0 Å². The number of carbonyl (C=O) groups is 1. The summed E-state index contributed by atoms with van der Waals surface area (Å²) in [6.07, 6.45) is 1.81. The summed E-state index contributed by atoms with van der Waals surface area (Å²) < 4.78 is 47.8. The first-order valence-electron chi connectivity index (χ1n) is 10.7. The summed E-state index contributed by atoms with van der Waals surface area (Å²) in [6, 6.07) is 17.0. The highest BCUT2D eigenvalue weighted by molar-refractivity contribution is 8.09. The van der Waals surface area contributed by atoms with Gasteiger partial charge in [0.05, 0.1) is 28.8 Å². The Morgan fingerprint density at radius 3 is 2.31 bits per heavy atom. The molecule has 3 aromatic rings. The summed E-state index contributed by atoms with van der Waals surface area (Å²) in [5.41, 5.74) is 8.16. The number of amides is 1. The van der Waals surface area contributed by atoms with Gasteiger partial charge in [0.15, 0.2) is 0 Å². The van der Waals surface area contributed by atoms with Gasteiger partial charge in [-0.25, -0.2) is 21.8 Å². The van der Waals surface area contributed by atoms with Crippen LogP contribution in [0.3, 0.4) is 0 Å². The molecule has 0 fully saturated rings. The van der Waals surface area contributed by atoms with E-state index in [0.29, 0.717) is 28.3 Å². The van der Waals surface area contributed by atoms with Crippen molar-refractivity contribution in [2.45, 2.75) is 13.0 Å². The van der Waals surface area contributed by atoms with Gasteiger partial charge >= 0.3 is 0 Å². The minimum atomic E-state index is -4.03. The monoisotopic (exact) mass is 549 g/mol. The van der Waals surface area contributed by atoms with Crippen molar-refractivity contribution in [3.63, 3.8) is 0 Å². The molecule has 0 saturated heterocycles. The number of aliphatic imine (C=N–C) groups is 1. The van der Waals surface area contributed by atoms with Crippen LogP contribution in [-0.4, -0.2) is 47.6 Å². The van der Waals surface area contributed by atoms with E-state index in [9.17, 15) is 21.6 Å². The summed E-state index contributed by atoms with van der Waals surface area (Å²) in [6.45, 7) is 0.960. The minimum Gasteiger partial charge on any atom is -0.383 e. The van der Waals surface area contributed by atoms with E-state index in [-0.39, 0.29) is 18.0 Å². The number of sulfonamides is 2. The number of nitrogens with one attached hydrogen (secondary N) is 2. The summed E-state index contributed by atoms with van der Waals surface area (Å²) in [5.74, 6) is 0.209. The van der Waals surface area contributed by atoms with Crippen molar-refractivity contribution >= 4 is 60.2 Å². The molecule has 0 saturated carbocycles. The van der Waals surface area contributed by atoms with Crippen LogP contribution >= 0.6 is 11.3 Å². The summed E-state index contributed by atoms with van der Waals surface area (Å²) >= 11 is 1.52. The molecule has 1 amide bonds. The molecule has 4 N–H and O–H groups in total. The fourth-order valence-corrected chi connectivity index (χ4v) is 6.91. The Balaban J connectivity index is 1.49. The molecule has 0 spiro atoms. The molecule has 0 atom stereocenters. The maximum Gasteiger partial charge on any atom is 0.245 e. The van der Waals surface area contributed by atoms with Crippen LogP contribution in [0.15, 0.2) is 71.0 Å². The molecular formula is C23H27N5O5S3. The van der Waals surface area contributed by atoms with Crippen LogP contribution in [0.5, 0.6) is 0 Å². The Labute approximate surface area is 215 Å². The molecule has 0 aliphatic carbocycles. The first-order valence-corrected chi connectivity index (χ1v) is 15.3. The van der Waals surface area contributed by atoms with Gasteiger partial charge in [-0.15, -0.1) is 11.3 Å². The van der Waals surface area contributed by atoms with Gasteiger partial charge in [0.1, 0.15) is 5.84 Å². The molecule has 192 valence electrons. The fraction of sp³-hybridized carbons (Fsp3) is 0.217. The Bertz CT molecular complexity index is 1400. The number of hydrogen-bond acceptors (Lipinski definition) is 8. The number of thiophene rings is 1. The number of benzene rings is 2. The highest BCUT2D eigenvalue weighted by atomic mass is 32.3. The second-order valence-electron chi connectivity index (χ2n) is 7.89. The van der Waals surface area contributed by atoms with Crippen LogP contribution in [0, 0.1) is 0 Å². The van der Waals surface area contributed by atoms with Gasteiger partial charge in [-0.3, -0.25) is 4.79 Å². The lowest BCUT2D eigenvalue weighted by Gasteiger charge is -2.19. The molecular weight excluding hydrogens is 522 g/mol. The van der Waals surface area contributed by atoms with Crippen LogP contribution in [0.1, 0.15) is 16.9 Å². The van der Waals surface area contributed by atoms with Gasteiger partial charge in [0.2, 0.25) is 26.0 Å². The Morgan fingerprint density at radius 1 is 1.00 bits per heavy atom. The Kier molecular flexibility index (Phi) is 8.84. The van der Waals surface area contributed by atoms with E-state index >= 15 is 0 Å². The predicted molar refractivity (Wildman–Crippen MR) is 145 cm³/mol. The molecule has 3 rings (SSSR count). The largest absolute Gasteiger partial charge is 0.383 e. The van der Waals surface area contributed by atoms with Gasteiger partial charge in [0.25, 0.3) is 0 Å². The second kappa shape index (κ2) is 11.6. The van der Waals surface area contributed by atoms with E-state index in [0.717, 1.165) is 28.6 Å². The Hall–Kier alpha value is -3.26. The van der Waals surface area contributed by atoms with Crippen molar-refractivity contribution in [1.29, 1.82) is 0 Å². The molecule has 13 heteroatoms. The number of nitrogens with two attached hydrogens (primary N) is 1. The number of nitrogens with zero attached hydrogens (tertiary/aromatic N) is 2. The van der Waals surface area contributed by atoms with E-state index < -0.39 is 20.0 Å². The first-order chi connectivity index (χ1) is 16.9. The number of hydrogen-bond donors (Lipinski definition) is 3. The van der Waals surface area contributed by atoms with Crippen molar-refractivity contribution in [2.24, 2.45) is 10.7 Å². The molecule has 0 aliphatic rings. The molecule has 0 bridgehead atoms. The van der Waals surface area contributed by atoms with Crippen molar-refractivity contribution in [1.82, 2.24) is 5.32 Å². The molecule has 1 aromatic heterocycles. The van der Waals surface area contributed by atoms with E-state index in [2.05, 4.69) is 15.6 Å². The second-order valence-corrected chi connectivity index (χ2v) is 12.7. The molecule has 36 heavy (non-hydrogen) atoms. The third-order valence-electron chi connectivity index (χ3n) is 4.76. The summed E-state index contributed by atoms with van der Waals surface area (Å²) in [4.78, 5) is 17.6. The van der Waals surface area contributed by atoms with E-state index in [1.807, 2.05) is 41.8 Å². The topological polar surface area (TPSA) is 151 Å². The average Bonchev–Trinajstić information content (AvgIpc) is 3.32. The van der Waals surface area contributed by atoms with Crippen molar-refractivity contribution in [2.75, 3.05) is 28.1 Å². The molecule has 1 heterocycles. The number of carbonyl (C=O) groups excluding carboxylic acids is 1. The van der Waals surface area contributed by atoms with E-state index in [4.69, 9.17) is 5.73 Å². The van der Waals surface area contributed by atoms with Crippen LogP contribution in [0.2, 0.25) is 0 Å². The third kappa shape index (κ3) is 7.88. The fourth-order valence-electron chi connectivity index (χ4n) is 3.31. The average molecular weight is 550 g/mol. The van der Waals surface area contributed by atoms with Crippen molar-refractivity contribution in [3.05, 3.63) is 76.5 Å². The molecule has 2 aromatic carbocycles. The highest BCUT2D eigenvalue weighted by Gasteiger charge is 2.27. The predicted octanol–water partition coefficient (Wildman–Crippen LogP) is 2.63. The van der Waals surface area contributed by atoms with Crippen LogP contribution < -0.4 is 20.1 Å². The minimum absolute atomic E-state index is 0.0385. The molecule has 0 radical (unpaired) electrons. The van der Waals surface area contributed by atoms with Gasteiger partial charge in [-0.1, -0.05) is 18.2 Å². The van der Waals surface area contributed by atoms with Crippen LogP contribution in [0.25, 0.3) is 0 Å². The van der Waals surface area contributed by atoms with Gasteiger partial charge < -0.3 is 16.4 Å². The van der Waals surface area contributed by atoms with Crippen molar-refractivity contribution < 1.29 is 21.6 Å². The SMILES string of the molecule is CS(=O)(=O)N(c1ccc(NC(=O)CCNCc2cccc(N=C(N)c3cccs3)c2)cc1)S(C)(=O)=O. The normalized spacial score (nSPS) is 12.3. The maximum absolute atomic E-state index is 12.3. The zero-order valence-corrected chi connectivity index (χ0v) is 22.2. The zero-order chi connectivity index (χ0) is 26.3. The lowest BCUT2D eigenvalue weighted by molar-refractivity contribution is -0.116. The Morgan fingerprint density at radius 2 is 1.69 bits per heavy atom. The third-order valence-corrected chi connectivity index (χ3v) is 8.90. The lowest BCUT2D eigenvalue weighted by Crippen LogP contribution is -2.35. The molecule has 0 aliphatic heterocycles. The summed E-state index contributed by atoms with van der Waals surface area (Å²) in [7, 11) is -8.06. The van der Waals surface area contributed by atoms with Gasteiger partial charge in [-0.2, -0.15) is 3.71 Å². The zero-order valence-electron chi connectivity index (χ0n) is 19.7. The first kappa shape index (κ1) is 27.3. The van der Waals surface area contributed by atoms with Crippen LogP contribution in [-0.2, 0) is 31.4 Å². The molecule has 0 unspecified atom stereocenters. The number of rotatable bonds is 11. The quantitative estimate of drug-likeness (QED) is 0.189. The lowest BCUT2D eigenvalue weighted by atomic mass is 10.2. The number of amidine groups is 1. The van der Waals surface area contributed by atoms with E-state index in [1.54, 1.807) is 0 Å². The molecule has 10 nitrogen and oxygen atoms in total. The summed E-state index contributed by atoms with van der Waals surface area (Å²) in [5, 5.41) is 7.85. The van der Waals surface area contributed by atoms with Crippen LogP contribution in [0.4, 0.5) is 17.1 Å². The standard InChI is InChI=1S/C23H27N5O5S3/c1-35(30,31)28(36(2,32)33)20-10-8-18(9-11-20)26-22(29)12-13-25-16-17-5-3-6-19(15-17)27-23(24)21-7-4-14-34-21/h3-11,14-15,25H,12-13,16H2,1-2H3,(H2,24,27)(H,26,29). The maximum atomic E-state index is 12.3. The van der Waals surface area contributed by atoms with Gasteiger partial charge in [-0.05, 0) is 53.4 Å².